The van der Waals surface area contributed by atoms with Gasteiger partial charge >= 0.3 is 0 Å². The van der Waals surface area contributed by atoms with Gasteiger partial charge in [0.15, 0.2) is 0 Å². The molecule has 0 spiro atoms. The van der Waals surface area contributed by atoms with E-state index in [0.29, 0.717) is 13.1 Å². The van der Waals surface area contributed by atoms with Crippen molar-refractivity contribution in [3.05, 3.63) is 29.3 Å². The lowest BCUT2D eigenvalue weighted by Crippen LogP contribution is -2.29. The summed E-state index contributed by atoms with van der Waals surface area (Å²) in [6.07, 6.45) is 2.29. The fourth-order valence-corrected chi connectivity index (χ4v) is 2.88. The number of hydrogen-bond acceptors (Lipinski definition) is 4. The highest BCUT2D eigenvalue weighted by Gasteiger charge is 2.12. The molecule has 0 aliphatic carbocycles. The van der Waals surface area contributed by atoms with E-state index in [0.717, 1.165) is 13.0 Å². The summed E-state index contributed by atoms with van der Waals surface area (Å²) in [7, 11) is -1.68. The second-order valence-corrected chi connectivity index (χ2v) is 6.73. The van der Waals surface area contributed by atoms with Crippen LogP contribution in [0.15, 0.2) is 18.2 Å². The predicted octanol–water partition coefficient (Wildman–Crippen LogP) is 0.684. The molecular weight excluding hydrogens is 262 g/mol. The van der Waals surface area contributed by atoms with Gasteiger partial charge in [-0.2, -0.15) is 0 Å². The molecule has 3 N–H and O–H groups in total. The maximum Gasteiger partial charge on any atom is 0.212 e. The Morgan fingerprint density at radius 2 is 2.21 bits per heavy atom. The van der Waals surface area contributed by atoms with E-state index in [4.69, 9.17) is 0 Å². The van der Waals surface area contributed by atoms with Gasteiger partial charge in [0, 0.05) is 25.3 Å². The van der Waals surface area contributed by atoms with Crippen LogP contribution in [-0.4, -0.2) is 34.3 Å². The molecule has 2 rings (SSSR count). The molecule has 0 bridgehead atoms. The molecule has 1 heterocycles. The van der Waals surface area contributed by atoms with Gasteiger partial charge in [0.25, 0.3) is 0 Å². The minimum Gasteiger partial charge on any atom is -0.385 e. The number of benzene rings is 1. The standard InChI is InChI=1S/C13H21N3O2S/c1-14-19(17,18)9-8-15-10-12-5-2-4-11-6-3-7-16-13(11)12/h2,4-5,14-16H,3,6-10H2,1H3. The quantitative estimate of drug-likeness (QED) is 0.672. The fourth-order valence-electron chi connectivity index (χ4n) is 2.26. The maximum absolute atomic E-state index is 11.3. The van der Waals surface area contributed by atoms with E-state index in [1.165, 1.54) is 30.3 Å². The molecule has 5 nitrogen and oxygen atoms in total. The molecule has 1 aromatic rings. The van der Waals surface area contributed by atoms with Crippen molar-refractivity contribution in [3.63, 3.8) is 0 Å². The Balaban J connectivity index is 1.90. The van der Waals surface area contributed by atoms with Gasteiger partial charge in [-0.05, 0) is 31.0 Å². The van der Waals surface area contributed by atoms with Gasteiger partial charge in [0.05, 0.1) is 5.75 Å². The maximum atomic E-state index is 11.3. The summed E-state index contributed by atoms with van der Waals surface area (Å²) in [6.45, 7) is 2.15. The number of hydrogen-bond donors (Lipinski definition) is 3. The normalized spacial score (nSPS) is 14.8. The van der Waals surface area contributed by atoms with Crippen molar-refractivity contribution >= 4 is 15.7 Å². The second kappa shape index (κ2) is 6.36. The number of sulfonamides is 1. The van der Waals surface area contributed by atoms with Crippen molar-refractivity contribution in [3.8, 4) is 0 Å². The van der Waals surface area contributed by atoms with Crippen molar-refractivity contribution in [1.82, 2.24) is 10.0 Å². The Hall–Kier alpha value is -1.11. The van der Waals surface area contributed by atoms with E-state index < -0.39 is 10.0 Å². The van der Waals surface area contributed by atoms with Gasteiger partial charge in [-0.1, -0.05) is 18.2 Å². The summed E-state index contributed by atoms with van der Waals surface area (Å²) < 4.78 is 24.9. The summed E-state index contributed by atoms with van der Waals surface area (Å²) in [4.78, 5) is 0. The van der Waals surface area contributed by atoms with Crippen LogP contribution in [-0.2, 0) is 23.0 Å². The van der Waals surface area contributed by atoms with Crippen LogP contribution in [0.3, 0.4) is 0 Å². The first-order valence-corrected chi connectivity index (χ1v) is 8.24. The summed E-state index contributed by atoms with van der Waals surface area (Å²) in [6, 6.07) is 6.29. The first-order chi connectivity index (χ1) is 9.12. The van der Waals surface area contributed by atoms with E-state index in [-0.39, 0.29) is 5.75 Å². The lowest BCUT2D eigenvalue weighted by atomic mass is 9.99. The van der Waals surface area contributed by atoms with Gasteiger partial charge in [-0.3, -0.25) is 0 Å². The van der Waals surface area contributed by atoms with Crippen molar-refractivity contribution in [2.45, 2.75) is 19.4 Å². The first kappa shape index (κ1) is 14.3. The van der Waals surface area contributed by atoms with Gasteiger partial charge < -0.3 is 10.6 Å². The number of para-hydroxylation sites is 1. The van der Waals surface area contributed by atoms with Crippen LogP contribution in [0.1, 0.15) is 17.5 Å². The summed E-state index contributed by atoms with van der Waals surface area (Å²) >= 11 is 0. The highest BCUT2D eigenvalue weighted by atomic mass is 32.2. The molecule has 0 unspecified atom stereocenters. The van der Waals surface area contributed by atoms with Gasteiger partial charge in [-0.15, -0.1) is 0 Å². The Bertz CT molecular complexity index is 529. The topological polar surface area (TPSA) is 70.2 Å². The average molecular weight is 283 g/mol. The Morgan fingerprint density at radius 3 is 3.00 bits per heavy atom. The molecule has 0 atom stereocenters. The van der Waals surface area contributed by atoms with Crippen molar-refractivity contribution in [1.29, 1.82) is 0 Å². The Morgan fingerprint density at radius 1 is 1.37 bits per heavy atom. The van der Waals surface area contributed by atoms with Crippen molar-refractivity contribution < 1.29 is 8.42 Å². The monoisotopic (exact) mass is 283 g/mol. The average Bonchev–Trinajstić information content (AvgIpc) is 2.44. The van der Waals surface area contributed by atoms with Gasteiger partial charge in [0.2, 0.25) is 10.0 Å². The van der Waals surface area contributed by atoms with Crippen LogP contribution in [0, 0.1) is 0 Å². The predicted molar refractivity (Wildman–Crippen MR) is 77.8 cm³/mol. The van der Waals surface area contributed by atoms with E-state index in [2.05, 4.69) is 33.6 Å². The zero-order chi connectivity index (χ0) is 13.7. The third-order valence-corrected chi connectivity index (χ3v) is 4.70. The van der Waals surface area contributed by atoms with Crippen LogP contribution < -0.4 is 15.4 Å². The van der Waals surface area contributed by atoms with Crippen LogP contribution in [0.25, 0.3) is 0 Å². The van der Waals surface area contributed by atoms with E-state index in [1.54, 1.807) is 0 Å². The molecule has 19 heavy (non-hydrogen) atoms. The highest BCUT2D eigenvalue weighted by Crippen LogP contribution is 2.25. The van der Waals surface area contributed by atoms with Crippen molar-refractivity contribution in [2.24, 2.45) is 0 Å². The second-order valence-electron chi connectivity index (χ2n) is 4.68. The minimum atomic E-state index is -3.12. The minimum absolute atomic E-state index is 0.103. The molecule has 1 aliphatic rings. The lowest BCUT2D eigenvalue weighted by molar-refractivity contribution is 0.583. The van der Waals surface area contributed by atoms with Gasteiger partial charge in [0.1, 0.15) is 0 Å². The largest absolute Gasteiger partial charge is 0.385 e. The van der Waals surface area contributed by atoms with E-state index >= 15 is 0 Å². The molecule has 0 saturated heterocycles. The number of nitrogens with one attached hydrogen (secondary N) is 3. The van der Waals surface area contributed by atoms with Crippen LogP contribution in [0.2, 0.25) is 0 Å². The molecule has 1 aliphatic heterocycles. The molecule has 0 amide bonds. The number of aryl methyl sites for hydroxylation is 1. The number of rotatable bonds is 6. The van der Waals surface area contributed by atoms with E-state index in [9.17, 15) is 8.42 Å². The smallest absolute Gasteiger partial charge is 0.212 e. The zero-order valence-corrected chi connectivity index (χ0v) is 12.0. The molecule has 0 radical (unpaired) electrons. The fraction of sp³-hybridized carbons (Fsp3) is 0.538. The molecule has 106 valence electrons. The third-order valence-electron chi connectivity index (χ3n) is 3.34. The van der Waals surface area contributed by atoms with Crippen molar-refractivity contribution in [2.75, 3.05) is 31.2 Å². The molecule has 0 fully saturated rings. The first-order valence-electron chi connectivity index (χ1n) is 6.59. The molecule has 1 aromatic carbocycles. The van der Waals surface area contributed by atoms with Crippen LogP contribution >= 0.6 is 0 Å². The summed E-state index contributed by atoms with van der Waals surface area (Å²) in [5.74, 6) is 0.103. The van der Waals surface area contributed by atoms with Gasteiger partial charge in [-0.25, -0.2) is 13.1 Å². The van der Waals surface area contributed by atoms with E-state index in [1.807, 2.05) is 0 Å². The number of anilines is 1. The summed E-state index contributed by atoms with van der Waals surface area (Å²) in [5.41, 5.74) is 3.78. The molecule has 0 saturated carbocycles. The molecular formula is C13H21N3O2S. The van der Waals surface area contributed by atoms with Crippen LogP contribution in [0.4, 0.5) is 5.69 Å². The SMILES string of the molecule is CNS(=O)(=O)CCNCc1cccc2c1NCCC2. The Labute approximate surface area is 114 Å². The Kier molecular flexibility index (Phi) is 4.79. The highest BCUT2D eigenvalue weighted by molar-refractivity contribution is 7.89. The zero-order valence-electron chi connectivity index (χ0n) is 11.2. The summed E-state index contributed by atoms with van der Waals surface area (Å²) in [5, 5.41) is 6.61. The molecule has 6 heteroatoms. The number of fused-ring (bicyclic) bond motifs is 1. The van der Waals surface area contributed by atoms with Crippen LogP contribution in [0.5, 0.6) is 0 Å². The molecule has 0 aromatic heterocycles. The lowest BCUT2D eigenvalue weighted by Gasteiger charge is -2.21. The third kappa shape index (κ3) is 3.92.